The van der Waals surface area contributed by atoms with Crippen molar-refractivity contribution in [1.82, 2.24) is 0 Å². The molecular weight excluding hydrogens is 144 g/mol. The van der Waals surface area contributed by atoms with Crippen molar-refractivity contribution in [3.63, 3.8) is 0 Å². The molecule has 0 aromatic carbocycles. The van der Waals surface area contributed by atoms with Crippen LogP contribution in [-0.4, -0.2) is 17.3 Å². The zero-order chi connectivity index (χ0) is 7.40. The first-order valence-electron chi connectivity index (χ1n) is 3.38. The summed E-state index contributed by atoms with van der Waals surface area (Å²) in [6, 6.07) is 0. The summed E-state index contributed by atoms with van der Waals surface area (Å²) in [7, 11) is 0. The third-order valence-electron chi connectivity index (χ3n) is 1.66. The van der Waals surface area contributed by atoms with Gasteiger partial charge in [-0.1, -0.05) is 0 Å². The average Bonchev–Trinajstić information content (AvgIpc) is 2.31. The SMILES string of the molecule is C#CCCC1CSCC1=O. The number of Topliss-reactive ketones (excluding diaryl/α,β-unsaturated/α-hetero) is 1. The first-order chi connectivity index (χ1) is 4.84. The molecule has 1 fully saturated rings. The molecule has 0 aliphatic carbocycles. The number of hydrogen-bond donors (Lipinski definition) is 0. The minimum atomic E-state index is 0.265. The van der Waals surface area contributed by atoms with Gasteiger partial charge in [-0.05, 0) is 6.42 Å². The van der Waals surface area contributed by atoms with E-state index in [4.69, 9.17) is 6.42 Å². The largest absolute Gasteiger partial charge is 0.298 e. The Labute approximate surface area is 65.6 Å². The Balaban J connectivity index is 2.28. The summed E-state index contributed by atoms with van der Waals surface area (Å²) >= 11 is 1.72. The van der Waals surface area contributed by atoms with Gasteiger partial charge in [-0.2, -0.15) is 11.8 Å². The monoisotopic (exact) mass is 154 g/mol. The summed E-state index contributed by atoms with van der Waals surface area (Å²) in [6.45, 7) is 0. The van der Waals surface area contributed by atoms with Crippen molar-refractivity contribution in [3.8, 4) is 12.3 Å². The van der Waals surface area contributed by atoms with E-state index in [2.05, 4.69) is 5.92 Å². The second-order valence-corrected chi connectivity index (χ2v) is 3.45. The molecule has 1 rings (SSSR count). The van der Waals surface area contributed by atoms with Gasteiger partial charge in [0.05, 0.1) is 5.75 Å². The number of carbonyl (C=O) groups excluding carboxylic acids is 1. The molecule has 1 aliphatic rings. The highest BCUT2D eigenvalue weighted by Crippen LogP contribution is 2.23. The van der Waals surface area contributed by atoms with E-state index in [9.17, 15) is 4.79 Å². The molecular formula is C8H10OS. The Morgan fingerprint density at radius 3 is 3.10 bits per heavy atom. The molecule has 0 spiro atoms. The Hall–Kier alpha value is -0.420. The second-order valence-electron chi connectivity index (χ2n) is 2.42. The van der Waals surface area contributed by atoms with E-state index >= 15 is 0 Å². The summed E-state index contributed by atoms with van der Waals surface area (Å²) in [6.07, 6.45) is 6.72. The Bertz CT molecular complexity index is 169. The standard InChI is InChI=1S/C8H10OS/c1-2-3-4-7-5-10-6-8(7)9/h1,7H,3-6H2. The average molecular weight is 154 g/mol. The predicted molar refractivity (Wildman–Crippen MR) is 43.9 cm³/mol. The zero-order valence-electron chi connectivity index (χ0n) is 5.80. The number of ketones is 1. The Kier molecular flexibility index (Phi) is 2.82. The van der Waals surface area contributed by atoms with Gasteiger partial charge < -0.3 is 0 Å². The summed E-state index contributed by atoms with van der Waals surface area (Å²) in [4.78, 5) is 11.0. The summed E-state index contributed by atoms with van der Waals surface area (Å²) in [5.74, 6) is 4.90. The molecule has 2 heteroatoms. The minimum Gasteiger partial charge on any atom is -0.298 e. The number of carbonyl (C=O) groups is 1. The predicted octanol–water partition coefficient (Wildman–Crippen LogP) is 1.33. The van der Waals surface area contributed by atoms with Crippen molar-refractivity contribution >= 4 is 17.5 Å². The lowest BCUT2D eigenvalue weighted by molar-refractivity contribution is -0.119. The van der Waals surface area contributed by atoms with Crippen LogP contribution in [0, 0.1) is 18.3 Å². The quantitative estimate of drug-likeness (QED) is 0.558. The van der Waals surface area contributed by atoms with Crippen LogP contribution in [0.5, 0.6) is 0 Å². The lowest BCUT2D eigenvalue weighted by Crippen LogP contribution is -2.10. The molecule has 0 saturated carbocycles. The van der Waals surface area contributed by atoms with E-state index < -0.39 is 0 Å². The van der Waals surface area contributed by atoms with E-state index in [0.29, 0.717) is 11.5 Å². The van der Waals surface area contributed by atoms with Gasteiger partial charge in [-0.15, -0.1) is 12.3 Å². The number of hydrogen-bond acceptors (Lipinski definition) is 2. The zero-order valence-corrected chi connectivity index (χ0v) is 6.62. The molecule has 1 saturated heterocycles. The van der Waals surface area contributed by atoms with Gasteiger partial charge in [-0.25, -0.2) is 0 Å². The van der Waals surface area contributed by atoms with Crippen molar-refractivity contribution in [2.24, 2.45) is 5.92 Å². The summed E-state index contributed by atoms with van der Waals surface area (Å²) in [5, 5.41) is 0. The van der Waals surface area contributed by atoms with E-state index in [-0.39, 0.29) is 5.92 Å². The third-order valence-corrected chi connectivity index (χ3v) is 2.78. The van der Waals surface area contributed by atoms with Gasteiger partial charge in [0.1, 0.15) is 5.78 Å². The number of thioether (sulfide) groups is 1. The first kappa shape index (κ1) is 7.68. The summed E-state index contributed by atoms with van der Waals surface area (Å²) < 4.78 is 0. The van der Waals surface area contributed by atoms with Crippen molar-refractivity contribution in [3.05, 3.63) is 0 Å². The van der Waals surface area contributed by atoms with Crippen LogP contribution in [0.1, 0.15) is 12.8 Å². The highest BCUT2D eigenvalue weighted by Gasteiger charge is 2.23. The molecule has 54 valence electrons. The van der Waals surface area contributed by atoms with Crippen molar-refractivity contribution in [2.45, 2.75) is 12.8 Å². The smallest absolute Gasteiger partial charge is 0.146 e. The van der Waals surface area contributed by atoms with Gasteiger partial charge >= 0.3 is 0 Å². The molecule has 0 N–H and O–H groups in total. The van der Waals surface area contributed by atoms with Gasteiger partial charge in [0, 0.05) is 18.1 Å². The maximum absolute atomic E-state index is 11.0. The molecule has 1 nitrogen and oxygen atoms in total. The number of terminal acetylenes is 1. The fourth-order valence-electron chi connectivity index (χ4n) is 1.01. The van der Waals surface area contributed by atoms with Gasteiger partial charge in [-0.3, -0.25) is 4.79 Å². The lowest BCUT2D eigenvalue weighted by atomic mass is 10.0. The molecule has 0 aromatic rings. The van der Waals surface area contributed by atoms with E-state index in [0.717, 1.165) is 18.6 Å². The minimum absolute atomic E-state index is 0.265. The van der Waals surface area contributed by atoms with Gasteiger partial charge in [0.15, 0.2) is 0 Å². The molecule has 10 heavy (non-hydrogen) atoms. The van der Waals surface area contributed by atoms with Crippen LogP contribution in [0.3, 0.4) is 0 Å². The fourth-order valence-corrected chi connectivity index (χ4v) is 2.21. The summed E-state index contributed by atoms with van der Waals surface area (Å²) in [5.41, 5.74) is 0. The van der Waals surface area contributed by atoms with Gasteiger partial charge in [0.25, 0.3) is 0 Å². The molecule has 1 aliphatic heterocycles. The van der Waals surface area contributed by atoms with Crippen LogP contribution < -0.4 is 0 Å². The van der Waals surface area contributed by atoms with Crippen LogP contribution in [-0.2, 0) is 4.79 Å². The van der Waals surface area contributed by atoms with Crippen LogP contribution in [0.25, 0.3) is 0 Å². The molecule has 1 unspecified atom stereocenters. The van der Waals surface area contributed by atoms with E-state index in [1.165, 1.54) is 0 Å². The van der Waals surface area contributed by atoms with E-state index in [1.54, 1.807) is 11.8 Å². The van der Waals surface area contributed by atoms with Crippen LogP contribution in [0.2, 0.25) is 0 Å². The van der Waals surface area contributed by atoms with Gasteiger partial charge in [0.2, 0.25) is 0 Å². The number of rotatable bonds is 2. The first-order valence-corrected chi connectivity index (χ1v) is 4.54. The lowest BCUT2D eigenvalue weighted by Gasteiger charge is -2.01. The molecule has 0 radical (unpaired) electrons. The van der Waals surface area contributed by atoms with Crippen molar-refractivity contribution < 1.29 is 4.79 Å². The molecule has 0 amide bonds. The van der Waals surface area contributed by atoms with E-state index in [1.807, 2.05) is 0 Å². The molecule has 0 bridgehead atoms. The maximum atomic E-state index is 11.0. The topological polar surface area (TPSA) is 17.1 Å². The molecule has 1 atom stereocenters. The van der Waals surface area contributed by atoms with Crippen LogP contribution >= 0.6 is 11.8 Å². The van der Waals surface area contributed by atoms with Crippen LogP contribution in [0.15, 0.2) is 0 Å². The Morgan fingerprint density at radius 2 is 2.60 bits per heavy atom. The van der Waals surface area contributed by atoms with Crippen molar-refractivity contribution in [2.75, 3.05) is 11.5 Å². The normalized spacial score (nSPS) is 24.7. The highest BCUT2D eigenvalue weighted by atomic mass is 32.2. The highest BCUT2D eigenvalue weighted by molar-refractivity contribution is 8.00. The van der Waals surface area contributed by atoms with Crippen LogP contribution in [0.4, 0.5) is 0 Å². The molecule has 1 heterocycles. The third kappa shape index (κ3) is 1.78. The maximum Gasteiger partial charge on any atom is 0.146 e. The molecule has 0 aromatic heterocycles. The van der Waals surface area contributed by atoms with Crippen molar-refractivity contribution in [1.29, 1.82) is 0 Å². The fraction of sp³-hybridized carbons (Fsp3) is 0.625. The Morgan fingerprint density at radius 1 is 1.80 bits per heavy atom. The second kappa shape index (κ2) is 3.68.